The highest BCUT2D eigenvalue weighted by molar-refractivity contribution is 7.89. The number of nitrogens with one attached hydrogen (secondary N) is 1. The topological polar surface area (TPSA) is 66.5 Å². The van der Waals surface area contributed by atoms with Crippen LogP contribution in [0, 0.1) is 0 Å². The molecular formula is C13H17ClN2O3S. The Bertz CT molecular complexity index is 570. The maximum atomic E-state index is 12.4. The zero-order chi connectivity index (χ0) is 15.2. The van der Waals surface area contributed by atoms with Gasteiger partial charge in [0.2, 0.25) is 15.9 Å². The highest BCUT2D eigenvalue weighted by atomic mass is 35.5. The van der Waals surface area contributed by atoms with Crippen molar-refractivity contribution in [3.05, 3.63) is 41.9 Å². The number of carbonyl (C=O) groups excluding carboxylic acids is 1. The van der Waals surface area contributed by atoms with E-state index in [-0.39, 0.29) is 23.9 Å². The van der Waals surface area contributed by atoms with Gasteiger partial charge in [0.25, 0.3) is 0 Å². The molecule has 0 saturated carbocycles. The van der Waals surface area contributed by atoms with Gasteiger partial charge < -0.3 is 5.32 Å². The number of carbonyl (C=O) groups is 1. The molecule has 0 radical (unpaired) electrons. The molecule has 20 heavy (non-hydrogen) atoms. The number of hydrogen-bond acceptors (Lipinski definition) is 3. The molecule has 0 aliphatic rings. The first-order valence-electron chi connectivity index (χ1n) is 6.05. The molecule has 0 aliphatic heterocycles. The number of likely N-dealkylation sites (N-methyl/N-ethyl adjacent to an activating group) is 1. The van der Waals surface area contributed by atoms with Gasteiger partial charge in [-0.25, -0.2) is 8.42 Å². The van der Waals surface area contributed by atoms with Crippen molar-refractivity contribution in [1.29, 1.82) is 0 Å². The molecule has 5 nitrogen and oxygen atoms in total. The van der Waals surface area contributed by atoms with E-state index in [2.05, 4.69) is 11.9 Å². The van der Waals surface area contributed by atoms with Crippen LogP contribution in [0.2, 0.25) is 5.02 Å². The zero-order valence-corrected chi connectivity index (χ0v) is 12.7. The van der Waals surface area contributed by atoms with Crippen molar-refractivity contribution in [3.63, 3.8) is 0 Å². The van der Waals surface area contributed by atoms with Crippen molar-refractivity contribution in [3.8, 4) is 0 Å². The Kier molecular flexibility index (Phi) is 6.19. The average Bonchev–Trinajstić information content (AvgIpc) is 2.42. The summed E-state index contributed by atoms with van der Waals surface area (Å²) in [6.45, 7) is 5.43. The first-order valence-corrected chi connectivity index (χ1v) is 7.87. The van der Waals surface area contributed by atoms with Gasteiger partial charge in [0.05, 0.1) is 11.4 Å². The second kappa shape index (κ2) is 7.42. The lowest BCUT2D eigenvalue weighted by Crippen LogP contribution is -2.40. The third kappa shape index (κ3) is 4.33. The lowest BCUT2D eigenvalue weighted by molar-refractivity contribution is -0.121. The van der Waals surface area contributed by atoms with E-state index in [1.54, 1.807) is 6.92 Å². The van der Waals surface area contributed by atoms with Crippen LogP contribution in [-0.4, -0.2) is 38.3 Å². The van der Waals surface area contributed by atoms with Crippen LogP contribution < -0.4 is 5.32 Å². The lowest BCUT2D eigenvalue weighted by atomic mass is 10.4. The molecule has 0 aliphatic carbocycles. The van der Waals surface area contributed by atoms with Crippen LogP contribution in [0.4, 0.5) is 0 Å². The predicted octanol–water partition coefficient (Wildman–Crippen LogP) is 1.65. The minimum Gasteiger partial charge on any atom is -0.351 e. The molecule has 1 aromatic carbocycles. The first-order chi connectivity index (χ1) is 9.41. The maximum Gasteiger partial charge on any atom is 0.243 e. The summed E-state index contributed by atoms with van der Waals surface area (Å²) in [6.07, 6.45) is 1.53. The third-order valence-electron chi connectivity index (χ3n) is 2.57. The number of amides is 1. The summed E-state index contributed by atoms with van der Waals surface area (Å²) >= 11 is 5.73. The summed E-state index contributed by atoms with van der Waals surface area (Å²) < 4.78 is 25.8. The molecule has 1 amide bonds. The molecule has 0 unspecified atom stereocenters. The summed E-state index contributed by atoms with van der Waals surface area (Å²) in [5.41, 5.74) is 0. The van der Waals surface area contributed by atoms with Crippen LogP contribution in [0.5, 0.6) is 0 Å². The Labute approximate surface area is 124 Å². The Morgan fingerprint density at radius 2 is 2.00 bits per heavy atom. The number of hydrogen-bond donors (Lipinski definition) is 1. The molecule has 0 fully saturated rings. The van der Waals surface area contributed by atoms with Crippen LogP contribution in [0.1, 0.15) is 6.92 Å². The van der Waals surface area contributed by atoms with Gasteiger partial charge in [0, 0.05) is 18.1 Å². The van der Waals surface area contributed by atoms with Crippen LogP contribution in [0.3, 0.4) is 0 Å². The minimum atomic E-state index is -3.70. The largest absolute Gasteiger partial charge is 0.351 e. The monoisotopic (exact) mass is 316 g/mol. The van der Waals surface area contributed by atoms with Crippen molar-refractivity contribution in [2.45, 2.75) is 11.8 Å². The third-order valence-corrected chi connectivity index (χ3v) is 4.75. The fraction of sp³-hybridized carbons (Fsp3) is 0.308. The van der Waals surface area contributed by atoms with E-state index in [1.807, 2.05) is 0 Å². The standard InChI is InChI=1S/C13H17ClN2O3S/c1-3-9-15-13(17)10-16(4-2)20(18,19)12-7-5-11(14)6-8-12/h3,5-8H,1,4,9-10H2,2H3,(H,15,17). The van der Waals surface area contributed by atoms with Crippen LogP contribution in [0.25, 0.3) is 0 Å². The maximum absolute atomic E-state index is 12.4. The highest BCUT2D eigenvalue weighted by Gasteiger charge is 2.24. The molecule has 0 bridgehead atoms. The van der Waals surface area contributed by atoms with Gasteiger partial charge in [0.15, 0.2) is 0 Å². The lowest BCUT2D eigenvalue weighted by Gasteiger charge is -2.19. The molecule has 0 heterocycles. The minimum absolute atomic E-state index is 0.111. The summed E-state index contributed by atoms with van der Waals surface area (Å²) in [6, 6.07) is 5.84. The van der Waals surface area contributed by atoms with Gasteiger partial charge in [-0.1, -0.05) is 24.6 Å². The number of benzene rings is 1. The Hall–Kier alpha value is -1.37. The fourth-order valence-electron chi connectivity index (χ4n) is 1.52. The Balaban J connectivity index is 2.89. The molecular weight excluding hydrogens is 300 g/mol. The molecule has 0 atom stereocenters. The molecule has 0 saturated heterocycles. The van der Waals surface area contributed by atoms with E-state index in [1.165, 1.54) is 30.3 Å². The van der Waals surface area contributed by atoms with E-state index in [0.717, 1.165) is 4.31 Å². The molecule has 0 aromatic heterocycles. The van der Waals surface area contributed by atoms with E-state index >= 15 is 0 Å². The second-order valence-corrected chi connectivity index (χ2v) is 6.35. The van der Waals surface area contributed by atoms with Crippen molar-refractivity contribution in [2.24, 2.45) is 0 Å². The number of halogens is 1. The van der Waals surface area contributed by atoms with E-state index in [4.69, 9.17) is 11.6 Å². The van der Waals surface area contributed by atoms with Gasteiger partial charge in [0.1, 0.15) is 0 Å². The molecule has 1 N–H and O–H groups in total. The molecule has 0 spiro atoms. The SMILES string of the molecule is C=CCNC(=O)CN(CC)S(=O)(=O)c1ccc(Cl)cc1. The van der Waals surface area contributed by atoms with Gasteiger partial charge in [-0.2, -0.15) is 4.31 Å². The van der Waals surface area contributed by atoms with Crippen LogP contribution >= 0.6 is 11.6 Å². The molecule has 1 rings (SSSR count). The quantitative estimate of drug-likeness (QED) is 0.778. The smallest absolute Gasteiger partial charge is 0.243 e. The van der Waals surface area contributed by atoms with Crippen molar-refractivity contribution in [1.82, 2.24) is 9.62 Å². The van der Waals surface area contributed by atoms with Crippen LogP contribution in [0.15, 0.2) is 41.8 Å². The average molecular weight is 317 g/mol. The summed E-state index contributed by atoms with van der Waals surface area (Å²) in [7, 11) is -3.70. The normalized spacial score (nSPS) is 11.3. The van der Waals surface area contributed by atoms with Crippen molar-refractivity contribution in [2.75, 3.05) is 19.6 Å². The zero-order valence-electron chi connectivity index (χ0n) is 11.2. The van der Waals surface area contributed by atoms with Gasteiger partial charge in [-0.15, -0.1) is 6.58 Å². The van der Waals surface area contributed by atoms with Crippen molar-refractivity contribution < 1.29 is 13.2 Å². The Morgan fingerprint density at radius 3 is 2.50 bits per heavy atom. The van der Waals surface area contributed by atoms with E-state index in [9.17, 15) is 13.2 Å². The molecule has 110 valence electrons. The Morgan fingerprint density at radius 1 is 1.40 bits per heavy atom. The van der Waals surface area contributed by atoms with Gasteiger partial charge in [-0.3, -0.25) is 4.79 Å². The number of sulfonamides is 1. The second-order valence-electron chi connectivity index (χ2n) is 3.98. The van der Waals surface area contributed by atoms with Gasteiger partial charge >= 0.3 is 0 Å². The number of nitrogens with zero attached hydrogens (tertiary/aromatic N) is 1. The van der Waals surface area contributed by atoms with Crippen LogP contribution in [-0.2, 0) is 14.8 Å². The summed E-state index contributed by atoms with van der Waals surface area (Å²) in [5, 5.41) is 3.00. The van der Waals surface area contributed by atoms with Crippen molar-refractivity contribution >= 4 is 27.5 Å². The van der Waals surface area contributed by atoms with E-state index < -0.39 is 10.0 Å². The predicted molar refractivity (Wildman–Crippen MR) is 79.1 cm³/mol. The first kappa shape index (κ1) is 16.7. The van der Waals surface area contributed by atoms with E-state index in [0.29, 0.717) is 11.6 Å². The summed E-state index contributed by atoms with van der Waals surface area (Å²) in [4.78, 5) is 11.7. The fourth-order valence-corrected chi connectivity index (χ4v) is 3.06. The molecule has 7 heteroatoms. The number of rotatable bonds is 7. The highest BCUT2D eigenvalue weighted by Crippen LogP contribution is 2.18. The molecule has 1 aromatic rings. The van der Waals surface area contributed by atoms with Gasteiger partial charge in [-0.05, 0) is 24.3 Å². The summed E-state index contributed by atoms with van der Waals surface area (Å²) in [5.74, 6) is -0.371.